The van der Waals surface area contributed by atoms with Crippen molar-refractivity contribution in [3.8, 4) is 0 Å². The number of guanidine groups is 1. The molecule has 8 heteroatoms. The number of sulfone groups is 1. The molecule has 0 aliphatic heterocycles. The summed E-state index contributed by atoms with van der Waals surface area (Å²) >= 11 is 0. The molecule has 0 atom stereocenters. The predicted molar refractivity (Wildman–Crippen MR) is 137 cm³/mol. The Kier molecular flexibility index (Phi) is 10.4. The molecule has 0 unspecified atom stereocenters. The third-order valence-corrected chi connectivity index (χ3v) is 5.75. The minimum atomic E-state index is -3.23. The Morgan fingerprint density at radius 2 is 1.77 bits per heavy atom. The lowest BCUT2D eigenvalue weighted by Gasteiger charge is -2.28. The standard InChI is InChI=1S/C23H32FN3O2S.HI/c1-6-25-22(27-16-23(3,4)21-10-8-7-9-17(21)2)26-14-19-13-20(24)12-11-18(19)15-30(5,28)29;/h7-13H,6,14-16H2,1-5H3,(H2,25,26,27);1H. The average molecular weight is 562 g/mol. The van der Waals surface area contributed by atoms with Gasteiger partial charge in [0.2, 0.25) is 0 Å². The molecule has 0 aliphatic carbocycles. The zero-order chi connectivity index (χ0) is 22.4. The fourth-order valence-corrected chi connectivity index (χ4v) is 4.25. The molecule has 2 N–H and O–H groups in total. The summed E-state index contributed by atoms with van der Waals surface area (Å²) in [6.45, 7) is 9.93. The molecule has 2 aromatic rings. The highest BCUT2D eigenvalue weighted by Gasteiger charge is 2.22. The number of benzene rings is 2. The maximum atomic E-state index is 13.8. The normalized spacial score (nSPS) is 12.3. The quantitative estimate of drug-likeness (QED) is 0.286. The van der Waals surface area contributed by atoms with Gasteiger partial charge >= 0.3 is 0 Å². The molecule has 2 aromatic carbocycles. The van der Waals surface area contributed by atoms with Crippen molar-refractivity contribution in [3.05, 3.63) is 70.5 Å². The lowest BCUT2D eigenvalue weighted by molar-refractivity contribution is 0.506. The summed E-state index contributed by atoms with van der Waals surface area (Å²) in [7, 11) is -3.23. The van der Waals surface area contributed by atoms with Crippen molar-refractivity contribution in [2.75, 3.05) is 19.3 Å². The molecular formula is C23H33FIN3O2S. The van der Waals surface area contributed by atoms with Crippen LogP contribution in [-0.2, 0) is 27.5 Å². The Labute approximate surface area is 202 Å². The molecular weight excluding hydrogens is 528 g/mol. The molecule has 0 bridgehead atoms. The molecule has 0 saturated carbocycles. The topological polar surface area (TPSA) is 70.6 Å². The molecule has 31 heavy (non-hydrogen) atoms. The van der Waals surface area contributed by atoms with E-state index in [9.17, 15) is 12.8 Å². The summed E-state index contributed by atoms with van der Waals surface area (Å²) in [5, 5.41) is 6.57. The van der Waals surface area contributed by atoms with Gasteiger partial charge in [-0.25, -0.2) is 17.8 Å². The van der Waals surface area contributed by atoms with Gasteiger partial charge in [-0.3, -0.25) is 0 Å². The van der Waals surface area contributed by atoms with Gasteiger partial charge in [0.05, 0.1) is 12.3 Å². The number of nitrogens with zero attached hydrogens (tertiary/aromatic N) is 1. The minimum Gasteiger partial charge on any atom is -0.357 e. The van der Waals surface area contributed by atoms with Gasteiger partial charge in [-0.05, 0) is 48.2 Å². The molecule has 0 heterocycles. The molecule has 2 rings (SSSR count). The van der Waals surface area contributed by atoms with Crippen molar-refractivity contribution in [2.45, 2.75) is 45.4 Å². The van der Waals surface area contributed by atoms with E-state index in [1.807, 2.05) is 19.1 Å². The van der Waals surface area contributed by atoms with E-state index in [0.29, 0.717) is 30.2 Å². The molecule has 0 saturated heterocycles. The number of hydrogen-bond donors (Lipinski definition) is 2. The van der Waals surface area contributed by atoms with Crippen LogP contribution in [0.1, 0.15) is 43.0 Å². The van der Waals surface area contributed by atoms with Crippen LogP contribution < -0.4 is 10.6 Å². The second-order valence-corrected chi connectivity index (χ2v) is 10.4. The van der Waals surface area contributed by atoms with Gasteiger partial charge in [0.25, 0.3) is 0 Å². The second kappa shape index (κ2) is 11.8. The molecule has 0 fully saturated rings. The van der Waals surface area contributed by atoms with Crippen LogP contribution in [0.3, 0.4) is 0 Å². The summed E-state index contributed by atoms with van der Waals surface area (Å²) in [6, 6.07) is 12.4. The monoisotopic (exact) mass is 561 g/mol. The first-order chi connectivity index (χ1) is 14.0. The van der Waals surface area contributed by atoms with Gasteiger partial charge in [-0.15, -0.1) is 24.0 Å². The van der Waals surface area contributed by atoms with Gasteiger partial charge in [0, 0.05) is 24.8 Å². The zero-order valence-electron chi connectivity index (χ0n) is 18.8. The van der Waals surface area contributed by atoms with Crippen molar-refractivity contribution in [2.24, 2.45) is 4.99 Å². The molecule has 5 nitrogen and oxygen atoms in total. The summed E-state index contributed by atoms with van der Waals surface area (Å²) in [6.07, 6.45) is 1.17. The Balaban J connectivity index is 0.00000480. The van der Waals surface area contributed by atoms with Gasteiger partial charge in [0.15, 0.2) is 15.8 Å². The first-order valence-corrected chi connectivity index (χ1v) is 12.1. The first kappa shape index (κ1) is 27.4. The highest BCUT2D eigenvalue weighted by atomic mass is 127. The first-order valence-electron chi connectivity index (χ1n) is 10.0. The highest BCUT2D eigenvalue weighted by Crippen LogP contribution is 2.25. The second-order valence-electron chi connectivity index (χ2n) is 8.23. The molecule has 0 aromatic heterocycles. The van der Waals surface area contributed by atoms with Crippen LogP contribution in [0.5, 0.6) is 0 Å². The van der Waals surface area contributed by atoms with Crippen molar-refractivity contribution in [1.82, 2.24) is 10.6 Å². The maximum absolute atomic E-state index is 13.8. The zero-order valence-corrected chi connectivity index (χ0v) is 22.0. The number of nitrogens with one attached hydrogen (secondary N) is 2. The van der Waals surface area contributed by atoms with Gasteiger partial charge in [-0.2, -0.15) is 0 Å². The maximum Gasteiger partial charge on any atom is 0.191 e. The van der Waals surface area contributed by atoms with Gasteiger partial charge < -0.3 is 10.6 Å². The summed E-state index contributed by atoms with van der Waals surface area (Å²) in [4.78, 5) is 4.57. The third-order valence-electron chi connectivity index (χ3n) is 4.91. The molecule has 0 spiro atoms. The number of halogens is 2. The molecule has 172 valence electrons. The van der Waals surface area contributed by atoms with E-state index >= 15 is 0 Å². The molecule has 0 radical (unpaired) electrons. The van der Waals surface area contributed by atoms with Gasteiger partial charge in [-0.1, -0.05) is 44.2 Å². The third kappa shape index (κ3) is 8.76. The summed E-state index contributed by atoms with van der Waals surface area (Å²) < 4.78 is 37.2. The van der Waals surface area contributed by atoms with Crippen LogP contribution in [0.2, 0.25) is 0 Å². The minimum absolute atomic E-state index is 0. The number of aryl methyl sites for hydroxylation is 1. The fourth-order valence-electron chi connectivity index (χ4n) is 3.40. The van der Waals surface area contributed by atoms with Crippen LogP contribution in [-0.4, -0.2) is 33.7 Å². The van der Waals surface area contributed by atoms with Crippen molar-refractivity contribution < 1.29 is 12.8 Å². The van der Waals surface area contributed by atoms with Gasteiger partial charge in [0.1, 0.15) is 5.82 Å². The van der Waals surface area contributed by atoms with Crippen molar-refractivity contribution in [3.63, 3.8) is 0 Å². The van der Waals surface area contributed by atoms with Crippen LogP contribution in [0.15, 0.2) is 47.5 Å². The SMILES string of the molecule is CCNC(=NCc1cc(F)ccc1CS(C)(=O)=O)NCC(C)(C)c1ccccc1C.I. The van der Waals surface area contributed by atoms with E-state index in [4.69, 9.17) is 0 Å². The van der Waals surface area contributed by atoms with E-state index in [0.717, 1.165) is 0 Å². The van der Waals surface area contributed by atoms with Crippen molar-refractivity contribution >= 4 is 39.8 Å². The number of rotatable bonds is 8. The number of aliphatic imine (C=N–C) groups is 1. The van der Waals surface area contributed by atoms with E-state index in [1.165, 1.54) is 35.6 Å². The summed E-state index contributed by atoms with van der Waals surface area (Å²) in [5.74, 6) is 0.0624. The Hall–Kier alpha value is -1.68. The van der Waals surface area contributed by atoms with E-state index in [1.54, 1.807) is 0 Å². The Morgan fingerprint density at radius 3 is 2.39 bits per heavy atom. The fraction of sp³-hybridized carbons (Fsp3) is 0.435. The molecule has 0 aliphatic rings. The predicted octanol–water partition coefficient (Wildman–Crippen LogP) is 4.33. The Bertz CT molecular complexity index is 1010. The Morgan fingerprint density at radius 1 is 1.10 bits per heavy atom. The largest absolute Gasteiger partial charge is 0.357 e. The van der Waals surface area contributed by atoms with E-state index < -0.39 is 15.7 Å². The van der Waals surface area contributed by atoms with E-state index in [2.05, 4.69) is 48.5 Å². The smallest absolute Gasteiger partial charge is 0.191 e. The van der Waals surface area contributed by atoms with Crippen LogP contribution in [0, 0.1) is 12.7 Å². The lowest BCUT2D eigenvalue weighted by atomic mass is 9.82. The van der Waals surface area contributed by atoms with Crippen LogP contribution in [0.4, 0.5) is 4.39 Å². The average Bonchev–Trinajstić information content (AvgIpc) is 2.65. The van der Waals surface area contributed by atoms with Crippen LogP contribution >= 0.6 is 24.0 Å². The summed E-state index contributed by atoms with van der Waals surface area (Å²) in [5.41, 5.74) is 3.50. The van der Waals surface area contributed by atoms with Crippen LogP contribution in [0.25, 0.3) is 0 Å². The molecule has 0 amide bonds. The highest BCUT2D eigenvalue weighted by molar-refractivity contribution is 14.0. The van der Waals surface area contributed by atoms with Crippen molar-refractivity contribution in [1.29, 1.82) is 0 Å². The lowest BCUT2D eigenvalue weighted by Crippen LogP contribution is -2.43. The van der Waals surface area contributed by atoms with E-state index in [-0.39, 0.29) is 41.7 Å². The number of hydrogen-bond acceptors (Lipinski definition) is 3.